The number of rotatable bonds is 12. The van der Waals surface area contributed by atoms with E-state index in [1.807, 2.05) is 48.5 Å². The van der Waals surface area contributed by atoms with Crippen molar-refractivity contribution >= 4 is 46.6 Å². The molecule has 9 rings (SSSR count). The first-order valence-electron chi connectivity index (χ1n) is 23.0. The van der Waals surface area contributed by atoms with Crippen LogP contribution in [0.4, 0.5) is 34.1 Å². The smallest absolute Gasteiger partial charge is 0.124 e. The highest BCUT2D eigenvalue weighted by molar-refractivity contribution is 5.89. The minimum atomic E-state index is -0.0279. The van der Waals surface area contributed by atoms with Crippen LogP contribution in [0.2, 0.25) is 0 Å². The number of aromatic hydroxyl groups is 2. The maximum atomic E-state index is 11.4. The van der Waals surface area contributed by atoms with Crippen molar-refractivity contribution in [3.63, 3.8) is 0 Å². The first-order valence-corrected chi connectivity index (χ1v) is 23.0. The van der Waals surface area contributed by atoms with E-state index in [1.165, 1.54) is 0 Å². The second-order valence-electron chi connectivity index (χ2n) is 17.4. The molecule has 66 heavy (non-hydrogen) atoms. The number of hydrogen-bond acceptors (Lipinski definition) is 6. The second kappa shape index (κ2) is 19.6. The largest absolute Gasteiger partial charge is 0.507 e. The fourth-order valence-electron chi connectivity index (χ4n) is 9.66. The first-order chi connectivity index (χ1) is 32.2. The van der Waals surface area contributed by atoms with Crippen LogP contribution in [0.1, 0.15) is 59.1 Å². The van der Waals surface area contributed by atoms with Crippen molar-refractivity contribution in [2.45, 2.75) is 65.5 Å². The third-order valence-corrected chi connectivity index (χ3v) is 12.8. The molecule has 0 heterocycles. The van der Waals surface area contributed by atoms with Crippen molar-refractivity contribution in [2.24, 2.45) is 9.98 Å². The van der Waals surface area contributed by atoms with Gasteiger partial charge in [-0.2, -0.15) is 0 Å². The Morgan fingerprint density at radius 1 is 0.394 bits per heavy atom. The van der Waals surface area contributed by atoms with Gasteiger partial charge in [0.2, 0.25) is 0 Å². The van der Waals surface area contributed by atoms with Gasteiger partial charge in [-0.05, 0) is 182 Å². The lowest BCUT2D eigenvalue weighted by atomic mass is 9.91. The lowest BCUT2D eigenvalue weighted by Crippen LogP contribution is -2.27. The van der Waals surface area contributed by atoms with Gasteiger partial charge < -0.3 is 20.0 Å². The summed E-state index contributed by atoms with van der Waals surface area (Å²) in [6.07, 6.45) is 7.59. The van der Waals surface area contributed by atoms with Crippen LogP contribution in [-0.4, -0.2) is 34.7 Å². The van der Waals surface area contributed by atoms with E-state index >= 15 is 0 Å². The molecule has 6 heteroatoms. The first kappa shape index (κ1) is 43.5. The maximum absolute atomic E-state index is 11.4. The monoisotopic (exact) mass is 864 g/mol. The average Bonchev–Trinajstić information content (AvgIpc) is 3.32. The zero-order valence-corrected chi connectivity index (χ0v) is 38.1. The normalized spacial score (nSPS) is 15.0. The molecular formula is C60H56N4O2. The van der Waals surface area contributed by atoms with Gasteiger partial charge in [-0.3, -0.25) is 9.98 Å². The van der Waals surface area contributed by atoms with Gasteiger partial charge in [0.1, 0.15) is 11.5 Å². The summed E-state index contributed by atoms with van der Waals surface area (Å²) in [6, 6.07) is 62.3. The van der Waals surface area contributed by atoms with E-state index < -0.39 is 0 Å². The molecule has 6 nitrogen and oxygen atoms in total. The SMILES string of the molecule is Cc1cc(N(c2ccccc2)c2ccccc2)cc(C)c1-c1ccc(/C=N/C2CCCCC2/N=C/c2ccc(-c3c(C)cc(N(c4ccccc4)c4ccccc4)cc3C)cc2O)c(O)c1. The summed E-state index contributed by atoms with van der Waals surface area (Å²) in [5.74, 6) is 0.389. The third-order valence-electron chi connectivity index (χ3n) is 12.8. The van der Waals surface area contributed by atoms with Gasteiger partial charge in [0.25, 0.3) is 0 Å². The number of benzene rings is 8. The van der Waals surface area contributed by atoms with Gasteiger partial charge >= 0.3 is 0 Å². The Hall–Kier alpha value is -7.70. The van der Waals surface area contributed by atoms with Crippen molar-refractivity contribution in [1.82, 2.24) is 0 Å². The molecule has 0 saturated heterocycles. The van der Waals surface area contributed by atoms with Gasteiger partial charge in [-0.25, -0.2) is 0 Å². The zero-order valence-electron chi connectivity index (χ0n) is 38.1. The number of aryl methyl sites for hydroxylation is 4. The number of hydrogen-bond donors (Lipinski definition) is 2. The summed E-state index contributed by atoms with van der Waals surface area (Å²) in [6.45, 7) is 8.55. The lowest BCUT2D eigenvalue weighted by Gasteiger charge is -2.27. The molecular weight excluding hydrogens is 809 g/mol. The molecule has 0 spiro atoms. The number of phenolic OH excluding ortho intramolecular Hbond substituents is 2. The fourth-order valence-corrected chi connectivity index (χ4v) is 9.66. The number of nitrogens with zero attached hydrogens (tertiary/aromatic N) is 4. The van der Waals surface area contributed by atoms with Gasteiger partial charge in [-0.1, -0.05) is 97.8 Å². The summed E-state index contributed by atoms with van der Waals surface area (Å²) in [7, 11) is 0. The van der Waals surface area contributed by atoms with Gasteiger partial charge in [-0.15, -0.1) is 0 Å². The summed E-state index contributed by atoms with van der Waals surface area (Å²) in [5.41, 5.74) is 16.5. The van der Waals surface area contributed by atoms with E-state index in [2.05, 4.69) is 171 Å². The predicted molar refractivity (Wildman–Crippen MR) is 277 cm³/mol. The fraction of sp³-hybridized carbons (Fsp3) is 0.167. The summed E-state index contributed by atoms with van der Waals surface area (Å²) in [5, 5.41) is 22.7. The van der Waals surface area contributed by atoms with E-state index in [4.69, 9.17) is 9.98 Å². The van der Waals surface area contributed by atoms with Crippen molar-refractivity contribution < 1.29 is 10.2 Å². The number of phenols is 2. The molecule has 8 aromatic carbocycles. The van der Waals surface area contributed by atoms with Crippen LogP contribution in [0.25, 0.3) is 22.3 Å². The van der Waals surface area contributed by atoms with Crippen LogP contribution in [0, 0.1) is 27.7 Å². The van der Waals surface area contributed by atoms with Crippen LogP contribution in [0.15, 0.2) is 192 Å². The van der Waals surface area contributed by atoms with Crippen molar-refractivity contribution in [3.8, 4) is 33.8 Å². The zero-order chi connectivity index (χ0) is 45.6. The summed E-state index contributed by atoms with van der Waals surface area (Å²) >= 11 is 0. The van der Waals surface area contributed by atoms with Crippen LogP contribution in [-0.2, 0) is 0 Å². The number of para-hydroxylation sites is 4. The average molecular weight is 865 g/mol. The molecule has 8 aromatic rings. The van der Waals surface area contributed by atoms with Crippen LogP contribution >= 0.6 is 0 Å². The van der Waals surface area contributed by atoms with E-state index in [0.29, 0.717) is 11.1 Å². The van der Waals surface area contributed by atoms with E-state index in [1.54, 1.807) is 12.4 Å². The van der Waals surface area contributed by atoms with Crippen molar-refractivity contribution in [1.29, 1.82) is 0 Å². The molecule has 2 N–H and O–H groups in total. The second-order valence-corrected chi connectivity index (χ2v) is 17.4. The predicted octanol–water partition coefficient (Wildman–Crippen LogP) is 15.5. The minimum Gasteiger partial charge on any atom is -0.507 e. The number of anilines is 6. The minimum absolute atomic E-state index is 0.0279. The van der Waals surface area contributed by atoms with Crippen LogP contribution in [0.5, 0.6) is 11.5 Å². The molecule has 1 aliphatic carbocycles. The molecule has 0 aliphatic heterocycles. The Morgan fingerprint density at radius 3 is 0.985 bits per heavy atom. The molecule has 0 bridgehead atoms. The lowest BCUT2D eigenvalue weighted by molar-refractivity contribution is 0.390. The van der Waals surface area contributed by atoms with E-state index in [-0.39, 0.29) is 23.6 Å². The Morgan fingerprint density at radius 2 is 0.697 bits per heavy atom. The summed E-state index contributed by atoms with van der Waals surface area (Å²) in [4.78, 5) is 14.6. The summed E-state index contributed by atoms with van der Waals surface area (Å²) < 4.78 is 0. The van der Waals surface area contributed by atoms with Crippen LogP contribution in [0.3, 0.4) is 0 Å². The van der Waals surface area contributed by atoms with Gasteiger partial charge in [0.15, 0.2) is 0 Å². The molecule has 0 aromatic heterocycles. The third kappa shape index (κ3) is 9.41. The van der Waals surface area contributed by atoms with Gasteiger partial charge in [0, 0.05) is 57.7 Å². The molecule has 1 fully saturated rings. The molecule has 2 unspecified atom stereocenters. The molecule has 328 valence electrons. The quantitative estimate of drug-likeness (QED) is 0.120. The van der Waals surface area contributed by atoms with E-state index in [9.17, 15) is 10.2 Å². The molecule has 0 radical (unpaired) electrons. The number of aliphatic imine (C=N–C) groups is 2. The Labute approximate surface area is 389 Å². The standard InChI is InChI=1S/C60H56N4O2/c1-41-33-53(63(49-19-9-5-10-20-49)50-21-11-6-12-22-50)34-42(2)59(41)45-29-31-47(57(65)37-45)39-61-55-27-17-18-28-56(55)62-40-48-32-30-46(38-58(48)66)60-43(3)35-54(36-44(60)4)64(51-23-13-7-14-24-51)52-25-15-8-16-26-52/h5-16,19-26,29-40,55-56,65-66H,17-18,27-28H2,1-4H3/b61-39+,62-40+. The molecule has 2 atom stereocenters. The Balaban J connectivity index is 0.908. The Kier molecular flexibility index (Phi) is 12.9. The molecule has 0 amide bonds. The highest BCUT2D eigenvalue weighted by atomic mass is 16.3. The molecule has 1 aliphatic rings. The van der Waals surface area contributed by atoms with Gasteiger partial charge in [0.05, 0.1) is 12.1 Å². The van der Waals surface area contributed by atoms with Crippen molar-refractivity contribution in [3.05, 3.63) is 215 Å². The van der Waals surface area contributed by atoms with Crippen molar-refractivity contribution in [2.75, 3.05) is 9.80 Å². The highest BCUT2D eigenvalue weighted by Crippen LogP contribution is 2.41. The maximum Gasteiger partial charge on any atom is 0.124 e. The topological polar surface area (TPSA) is 71.7 Å². The highest BCUT2D eigenvalue weighted by Gasteiger charge is 2.24. The Bertz CT molecular complexity index is 2670. The van der Waals surface area contributed by atoms with E-state index in [0.717, 1.165) is 104 Å². The van der Waals surface area contributed by atoms with Crippen LogP contribution < -0.4 is 9.80 Å². The molecule has 1 saturated carbocycles.